The molecule has 0 radical (unpaired) electrons. The highest BCUT2D eigenvalue weighted by atomic mass is 16.5. The first kappa shape index (κ1) is 18.1. The Morgan fingerprint density at radius 1 is 1.26 bits per heavy atom. The lowest BCUT2D eigenvalue weighted by atomic mass is 9.80. The van der Waals surface area contributed by atoms with Gasteiger partial charge in [0.2, 0.25) is 5.91 Å². The largest absolute Gasteiger partial charge is 0.376 e. The third-order valence-corrected chi connectivity index (χ3v) is 5.66. The van der Waals surface area contributed by atoms with Crippen molar-refractivity contribution in [1.29, 1.82) is 0 Å². The van der Waals surface area contributed by atoms with Gasteiger partial charge in [0.25, 0.3) is 0 Å². The molecule has 1 spiro atoms. The first-order valence-electron chi connectivity index (χ1n) is 9.42. The highest BCUT2D eigenvalue weighted by Gasteiger charge is 2.45. The number of fused-ring (bicyclic) bond motifs is 2. The molecule has 0 unspecified atom stereocenters. The van der Waals surface area contributed by atoms with Crippen molar-refractivity contribution >= 4 is 5.91 Å². The van der Waals surface area contributed by atoms with E-state index >= 15 is 0 Å². The van der Waals surface area contributed by atoms with E-state index in [0.29, 0.717) is 19.8 Å². The summed E-state index contributed by atoms with van der Waals surface area (Å²) in [7, 11) is 3.60. The monoisotopic (exact) mass is 366 g/mol. The molecule has 2 aromatic rings. The Bertz CT molecular complexity index is 853. The molecule has 1 atom stereocenters. The average molecular weight is 366 g/mol. The number of likely N-dealkylation sites (tertiary alicyclic amines) is 1. The minimum atomic E-state index is -0.155. The summed E-state index contributed by atoms with van der Waals surface area (Å²) in [5.74, 6) is 0.906. The van der Waals surface area contributed by atoms with Gasteiger partial charge in [-0.3, -0.25) is 9.69 Å². The average Bonchev–Trinajstić information content (AvgIpc) is 3.06. The number of amides is 1. The van der Waals surface area contributed by atoms with Crippen molar-refractivity contribution in [3.63, 3.8) is 0 Å². The van der Waals surface area contributed by atoms with Crippen LogP contribution in [0.2, 0.25) is 0 Å². The summed E-state index contributed by atoms with van der Waals surface area (Å²) in [5.41, 5.74) is 4.09. The first-order chi connectivity index (χ1) is 13.0. The highest BCUT2D eigenvalue weighted by Crippen LogP contribution is 2.40. The molecule has 0 aliphatic carbocycles. The van der Waals surface area contributed by atoms with Crippen LogP contribution in [0, 0.1) is 6.92 Å². The van der Waals surface area contributed by atoms with E-state index in [1.54, 1.807) is 19.0 Å². The third-order valence-electron chi connectivity index (χ3n) is 5.66. The van der Waals surface area contributed by atoms with Gasteiger partial charge in [-0.2, -0.15) is 0 Å². The van der Waals surface area contributed by atoms with E-state index in [-0.39, 0.29) is 11.3 Å². The topological polar surface area (TPSA) is 58.6 Å². The number of benzene rings is 1. The number of hydrogen-bond donors (Lipinski definition) is 0. The van der Waals surface area contributed by atoms with Gasteiger partial charge in [0.1, 0.15) is 0 Å². The molecule has 6 nitrogen and oxygen atoms in total. The first-order valence-corrected chi connectivity index (χ1v) is 9.42. The lowest BCUT2D eigenvalue weighted by Gasteiger charge is -2.35. The van der Waals surface area contributed by atoms with E-state index in [1.165, 1.54) is 0 Å². The molecule has 27 heavy (non-hydrogen) atoms. The standard InChI is InChI=1S/C21H26N4O2/c1-15-17-12-27-14-21(9-10-25(13-21)11-18(26)24(2)3)19(17)23-20(22-15)16-7-5-4-6-8-16/h4-8H,9-14H2,1-3H3/t21-/m1/s1. The van der Waals surface area contributed by atoms with Crippen molar-refractivity contribution in [2.75, 3.05) is 40.3 Å². The predicted molar refractivity (Wildman–Crippen MR) is 103 cm³/mol. The van der Waals surface area contributed by atoms with Crippen LogP contribution in [0.4, 0.5) is 0 Å². The third kappa shape index (κ3) is 3.35. The van der Waals surface area contributed by atoms with Crippen molar-refractivity contribution < 1.29 is 9.53 Å². The van der Waals surface area contributed by atoms with Crippen LogP contribution in [0.1, 0.15) is 23.4 Å². The summed E-state index contributed by atoms with van der Waals surface area (Å²) in [6, 6.07) is 10.1. The van der Waals surface area contributed by atoms with Crippen LogP contribution in [-0.4, -0.2) is 66.0 Å². The number of ether oxygens (including phenoxy) is 1. The van der Waals surface area contributed by atoms with Gasteiger partial charge >= 0.3 is 0 Å². The van der Waals surface area contributed by atoms with Crippen LogP contribution < -0.4 is 0 Å². The number of likely N-dealkylation sites (N-methyl/N-ethyl adjacent to an activating group) is 1. The molecule has 1 fully saturated rings. The van der Waals surface area contributed by atoms with Crippen LogP contribution in [0.5, 0.6) is 0 Å². The number of aromatic nitrogens is 2. The molecule has 3 heterocycles. The Hall–Kier alpha value is -2.31. The van der Waals surface area contributed by atoms with Crippen LogP contribution in [0.25, 0.3) is 11.4 Å². The zero-order valence-corrected chi connectivity index (χ0v) is 16.2. The number of carbonyl (C=O) groups is 1. The summed E-state index contributed by atoms with van der Waals surface area (Å²) < 4.78 is 5.96. The molecule has 2 aliphatic rings. The number of carbonyl (C=O) groups excluding carboxylic acids is 1. The van der Waals surface area contributed by atoms with Gasteiger partial charge in [0.15, 0.2) is 5.82 Å². The van der Waals surface area contributed by atoms with E-state index in [2.05, 4.69) is 4.90 Å². The quantitative estimate of drug-likeness (QED) is 0.832. The fourth-order valence-electron chi connectivity index (χ4n) is 4.08. The Morgan fingerprint density at radius 3 is 2.78 bits per heavy atom. The van der Waals surface area contributed by atoms with Crippen molar-refractivity contribution in [3.05, 3.63) is 47.3 Å². The number of rotatable bonds is 3. The van der Waals surface area contributed by atoms with E-state index in [4.69, 9.17) is 14.7 Å². The molecule has 0 N–H and O–H groups in total. The summed E-state index contributed by atoms with van der Waals surface area (Å²) in [4.78, 5) is 25.8. The molecule has 0 bridgehead atoms. The minimum Gasteiger partial charge on any atom is -0.376 e. The molecule has 1 amide bonds. The Balaban J connectivity index is 1.69. The van der Waals surface area contributed by atoms with Gasteiger partial charge in [-0.1, -0.05) is 30.3 Å². The molecular formula is C21H26N4O2. The maximum Gasteiger partial charge on any atom is 0.236 e. The normalized spacial score (nSPS) is 22.0. The zero-order chi connectivity index (χ0) is 19.0. The molecule has 1 aromatic heterocycles. The fraction of sp³-hybridized carbons (Fsp3) is 0.476. The predicted octanol–water partition coefficient (Wildman–Crippen LogP) is 2.01. The summed E-state index contributed by atoms with van der Waals surface area (Å²) in [6.07, 6.45) is 0.950. The van der Waals surface area contributed by atoms with E-state index < -0.39 is 0 Å². The van der Waals surface area contributed by atoms with Gasteiger partial charge in [0.05, 0.1) is 30.9 Å². The smallest absolute Gasteiger partial charge is 0.236 e. The molecule has 1 aromatic carbocycles. The second kappa shape index (κ2) is 7.02. The van der Waals surface area contributed by atoms with Gasteiger partial charge in [-0.15, -0.1) is 0 Å². The number of nitrogens with zero attached hydrogens (tertiary/aromatic N) is 4. The molecule has 142 valence electrons. The second-order valence-electron chi connectivity index (χ2n) is 7.85. The van der Waals surface area contributed by atoms with Crippen LogP contribution >= 0.6 is 0 Å². The summed E-state index contributed by atoms with van der Waals surface area (Å²) >= 11 is 0. The molecule has 0 saturated carbocycles. The maximum absolute atomic E-state index is 12.1. The highest BCUT2D eigenvalue weighted by molar-refractivity contribution is 5.77. The molecule has 1 saturated heterocycles. The van der Waals surface area contributed by atoms with Crippen molar-refractivity contribution in [1.82, 2.24) is 19.8 Å². The minimum absolute atomic E-state index is 0.132. The van der Waals surface area contributed by atoms with E-state index in [1.807, 2.05) is 37.3 Å². The van der Waals surface area contributed by atoms with Gasteiger partial charge in [0, 0.05) is 37.5 Å². The van der Waals surface area contributed by atoms with Gasteiger partial charge in [-0.25, -0.2) is 9.97 Å². The zero-order valence-electron chi connectivity index (χ0n) is 16.2. The Morgan fingerprint density at radius 2 is 2.04 bits per heavy atom. The lowest BCUT2D eigenvalue weighted by molar-refractivity contribution is -0.129. The van der Waals surface area contributed by atoms with E-state index in [0.717, 1.165) is 47.8 Å². The number of hydrogen-bond acceptors (Lipinski definition) is 5. The van der Waals surface area contributed by atoms with Gasteiger partial charge < -0.3 is 9.64 Å². The van der Waals surface area contributed by atoms with Crippen LogP contribution in [0.3, 0.4) is 0 Å². The molecule has 6 heteroatoms. The molecule has 4 rings (SSSR count). The van der Waals surface area contributed by atoms with Crippen LogP contribution in [0.15, 0.2) is 30.3 Å². The Kier molecular flexibility index (Phi) is 4.70. The van der Waals surface area contributed by atoms with Crippen molar-refractivity contribution in [2.45, 2.75) is 25.4 Å². The Labute approximate surface area is 160 Å². The maximum atomic E-state index is 12.1. The molecule has 2 aliphatic heterocycles. The number of aryl methyl sites for hydroxylation is 1. The lowest BCUT2D eigenvalue weighted by Crippen LogP contribution is -2.42. The summed E-state index contributed by atoms with van der Waals surface area (Å²) in [5, 5.41) is 0. The van der Waals surface area contributed by atoms with Crippen molar-refractivity contribution in [2.24, 2.45) is 0 Å². The SMILES string of the molecule is Cc1nc(-c2ccccc2)nc2c1COC[C@]21CCN(CC(=O)N(C)C)C1. The van der Waals surface area contributed by atoms with Gasteiger partial charge in [-0.05, 0) is 19.9 Å². The molecular weight excluding hydrogens is 340 g/mol. The summed E-state index contributed by atoms with van der Waals surface area (Å²) in [6.45, 7) is 5.37. The fourth-order valence-corrected chi connectivity index (χ4v) is 4.08. The van der Waals surface area contributed by atoms with Crippen LogP contribution in [-0.2, 0) is 21.6 Å². The van der Waals surface area contributed by atoms with Crippen molar-refractivity contribution in [3.8, 4) is 11.4 Å². The second-order valence-corrected chi connectivity index (χ2v) is 7.85. The van der Waals surface area contributed by atoms with E-state index in [9.17, 15) is 4.79 Å².